The molecule has 0 atom stereocenters. The summed E-state index contributed by atoms with van der Waals surface area (Å²) in [5.74, 6) is 1.85. The van der Waals surface area contributed by atoms with Gasteiger partial charge in [-0.2, -0.15) is 0 Å². The molecule has 3 heteroatoms. The molecule has 0 spiro atoms. The van der Waals surface area contributed by atoms with Gasteiger partial charge < -0.3 is 9.64 Å². The second-order valence-corrected chi connectivity index (χ2v) is 3.17. The second-order valence-electron chi connectivity index (χ2n) is 2.84. The Bertz CT molecular complexity index is 217. The van der Waals surface area contributed by atoms with Crippen LogP contribution in [0.15, 0.2) is 23.9 Å². The first-order valence-electron chi connectivity index (χ1n) is 4.54. The zero-order chi connectivity index (χ0) is 9.52. The quantitative estimate of drug-likeness (QED) is 0.504. The topological polar surface area (TPSA) is 12.5 Å². The largest absolute Gasteiger partial charge is 0.378 e. The van der Waals surface area contributed by atoms with Gasteiger partial charge in [0.1, 0.15) is 0 Å². The summed E-state index contributed by atoms with van der Waals surface area (Å²) < 4.78 is 5.29. The highest BCUT2D eigenvalue weighted by Crippen LogP contribution is 2.08. The van der Waals surface area contributed by atoms with Crippen LogP contribution in [-0.4, -0.2) is 37.0 Å². The second kappa shape index (κ2) is 5.95. The van der Waals surface area contributed by atoms with Crippen LogP contribution >= 0.6 is 8.86 Å². The Hall–Kier alpha value is -0.590. The van der Waals surface area contributed by atoms with E-state index in [4.69, 9.17) is 4.74 Å². The van der Waals surface area contributed by atoms with E-state index in [0.29, 0.717) is 0 Å². The van der Waals surface area contributed by atoms with Crippen LogP contribution in [0.5, 0.6) is 0 Å². The summed E-state index contributed by atoms with van der Waals surface area (Å²) in [6, 6.07) is 0. The zero-order valence-corrected chi connectivity index (χ0v) is 8.99. The molecule has 1 heterocycles. The first-order chi connectivity index (χ1) is 6.38. The van der Waals surface area contributed by atoms with Crippen LogP contribution in [-0.2, 0) is 4.74 Å². The maximum absolute atomic E-state index is 5.29. The van der Waals surface area contributed by atoms with Crippen molar-refractivity contribution in [3.8, 4) is 0 Å². The van der Waals surface area contributed by atoms with Crippen molar-refractivity contribution in [2.24, 2.45) is 0 Å². The van der Waals surface area contributed by atoms with Crippen molar-refractivity contribution >= 4 is 14.7 Å². The summed E-state index contributed by atoms with van der Waals surface area (Å²) in [6.45, 7) is 5.71. The Morgan fingerprint density at radius 1 is 1.38 bits per heavy atom. The van der Waals surface area contributed by atoms with Crippen molar-refractivity contribution in [3.63, 3.8) is 0 Å². The molecule has 13 heavy (non-hydrogen) atoms. The van der Waals surface area contributed by atoms with Crippen LogP contribution in [0.2, 0.25) is 0 Å². The summed E-state index contributed by atoms with van der Waals surface area (Å²) >= 11 is 0. The smallest absolute Gasteiger partial charge is 0.0642 e. The summed E-state index contributed by atoms with van der Waals surface area (Å²) in [5.41, 5.74) is 1.26. The van der Waals surface area contributed by atoms with Crippen LogP contribution in [0.25, 0.3) is 0 Å². The molecular formula is C10H16NOP. The van der Waals surface area contributed by atoms with Gasteiger partial charge in [-0.05, 0) is 18.8 Å². The van der Waals surface area contributed by atoms with E-state index in [1.807, 2.05) is 11.9 Å². The summed E-state index contributed by atoms with van der Waals surface area (Å²) in [7, 11) is 3.29. The molecule has 0 aromatic rings. The van der Waals surface area contributed by atoms with E-state index in [0.717, 1.165) is 26.3 Å². The van der Waals surface area contributed by atoms with Gasteiger partial charge in [0.05, 0.1) is 13.2 Å². The molecule has 0 aromatic heterocycles. The van der Waals surface area contributed by atoms with E-state index in [1.54, 1.807) is 0 Å². The SMILES string of the molecule is C/C=C(\C=C/C=P)N1CCOCC1. The molecule has 2 nitrogen and oxygen atoms in total. The van der Waals surface area contributed by atoms with Gasteiger partial charge in [-0.25, -0.2) is 0 Å². The molecule has 1 rings (SSSR count). The van der Waals surface area contributed by atoms with Crippen molar-refractivity contribution in [1.82, 2.24) is 4.90 Å². The van der Waals surface area contributed by atoms with E-state index in [2.05, 4.69) is 32.8 Å². The highest BCUT2D eigenvalue weighted by molar-refractivity contribution is 7.18. The van der Waals surface area contributed by atoms with Crippen LogP contribution in [0.4, 0.5) is 0 Å². The number of hydrogen-bond acceptors (Lipinski definition) is 2. The monoisotopic (exact) mass is 197 g/mol. The maximum atomic E-state index is 5.29. The highest BCUT2D eigenvalue weighted by Gasteiger charge is 2.10. The normalized spacial score (nSPS) is 19.5. The Labute approximate surface area is 82.1 Å². The van der Waals surface area contributed by atoms with Gasteiger partial charge in [0.25, 0.3) is 0 Å². The third kappa shape index (κ3) is 3.33. The van der Waals surface area contributed by atoms with Gasteiger partial charge >= 0.3 is 0 Å². The van der Waals surface area contributed by atoms with Crippen LogP contribution < -0.4 is 0 Å². The molecule has 0 aliphatic carbocycles. The van der Waals surface area contributed by atoms with Gasteiger partial charge in [-0.15, -0.1) is 8.86 Å². The number of nitrogens with zero attached hydrogens (tertiary/aromatic N) is 1. The molecule has 0 radical (unpaired) electrons. The zero-order valence-electron chi connectivity index (χ0n) is 7.99. The van der Waals surface area contributed by atoms with Crippen molar-refractivity contribution in [3.05, 3.63) is 23.9 Å². The predicted octanol–water partition coefficient (Wildman–Crippen LogP) is 1.72. The summed E-state index contributed by atoms with van der Waals surface area (Å²) in [5, 5.41) is 0. The molecule has 72 valence electrons. The molecule has 0 N–H and O–H groups in total. The van der Waals surface area contributed by atoms with Crippen LogP contribution in [0, 0.1) is 0 Å². The lowest BCUT2D eigenvalue weighted by Crippen LogP contribution is -2.35. The fourth-order valence-corrected chi connectivity index (χ4v) is 1.45. The number of allylic oxidation sites excluding steroid dienone is 3. The molecule has 0 saturated carbocycles. The van der Waals surface area contributed by atoms with Gasteiger partial charge in [-0.1, -0.05) is 12.2 Å². The molecule has 0 bridgehead atoms. The third-order valence-corrected chi connectivity index (χ3v) is 2.23. The lowest BCUT2D eigenvalue weighted by Gasteiger charge is -2.29. The molecule has 0 aromatic carbocycles. The lowest BCUT2D eigenvalue weighted by atomic mass is 10.3. The van der Waals surface area contributed by atoms with Gasteiger partial charge in [0.2, 0.25) is 0 Å². The number of ether oxygens (including phenoxy) is 1. The standard InChI is InChI=1S/C10H16NOP/c1-2-10(4-3-9-13)11-5-7-12-8-6-11/h2-4,9,13H,5-8H2,1H3/b4-3-,10-2+. The average Bonchev–Trinajstić information content (AvgIpc) is 2.21. The molecule has 1 aliphatic heterocycles. The molecule has 1 fully saturated rings. The molecular weight excluding hydrogens is 181 g/mol. The Kier molecular flexibility index (Phi) is 4.81. The van der Waals surface area contributed by atoms with E-state index < -0.39 is 0 Å². The molecule has 1 saturated heterocycles. The van der Waals surface area contributed by atoms with Crippen molar-refractivity contribution in [1.29, 1.82) is 0 Å². The van der Waals surface area contributed by atoms with Crippen LogP contribution in [0.3, 0.4) is 0 Å². The van der Waals surface area contributed by atoms with E-state index in [1.165, 1.54) is 5.70 Å². The Morgan fingerprint density at radius 3 is 2.62 bits per heavy atom. The minimum atomic E-state index is 0.836. The number of morpholine rings is 1. The molecule has 0 amide bonds. The molecule has 1 aliphatic rings. The third-order valence-electron chi connectivity index (χ3n) is 2.04. The Morgan fingerprint density at radius 2 is 2.08 bits per heavy atom. The molecule has 0 unspecified atom stereocenters. The van der Waals surface area contributed by atoms with E-state index in [-0.39, 0.29) is 0 Å². The average molecular weight is 197 g/mol. The van der Waals surface area contributed by atoms with Gasteiger partial charge in [0.15, 0.2) is 0 Å². The Balaban J connectivity index is 2.54. The fraction of sp³-hybridized carbons (Fsp3) is 0.500. The maximum Gasteiger partial charge on any atom is 0.0642 e. The van der Waals surface area contributed by atoms with Crippen molar-refractivity contribution in [2.75, 3.05) is 26.3 Å². The van der Waals surface area contributed by atoms with E-state index in [9.17, 15) is 0 Å². The highest BCUT2D eigenvalue weighted by atomic mass is 31.0. The fourth-order valence-electron chi connectivity index (χ4n) is 1.35. The first-order valence-corrected chi connectivity index (χ1v) is 5.12. The summed E-state index contributed by atoms with van der Waals surface area (Å²) in [4.78, 5) is 2.33. The first kappa shape index (κ1) is 10.5. The number of rotatable bonds is 3. The minimum Gasteiger partial charge on any atom is -0.378 e. The van der Waals surface area contributed by atoms with Crippen LogP contribution in [0.1, 0.15) is 6.92 Å². The predicted molar refractivity (Wildman–Crippen MR) is 59.7 cm³/mol. The van der Waals surface area contributed by atoms with Crippen molar-refractivity contribution in [2.45, 2.75) is 6.92 Å². The van der Waals surface area contributed by atoms with E-state index >= 15 is 0 Å². The van der Waals surface area contributed by atoms with Gasteiger partial charge in [0, 0.05) is 18.8 Å². The number of hydrogen-bond donors (Lipinski definition) is 0. The van der Waals surface area contributed by atoms with Gasteiger partial charge in [-0.3, -0.25) is 0 Å². The summed E-state index contributed by atoms with van der Waals surface area (Å²) in [6.07, 6.45) is 6.21. The lowest BCUT2D eigenvalue weighted by molar-refractivity contribution is 0.0553. The van der Waals surface area contributed by atoms with Crippen molar-refractivity contribution < 1.29 is 4.74 Å². The minimum absolute atomic E-state index is 0.836.